The van der Waals surface area contributed by atoms with Gasteiger partial charge in [0.05, 0.1) is 6.61 Å². The zero-order chi connectivity index (χ0) is 16.0. The SMILES string of the molecule is COCCN(CCC(C)(NC(C)C)C(=O)O)C(C)C1CC1. The maximum Gasteiger partial charge on any atom is 0.323 e. The van der Waals surface area contributed by atoms with Crippen LogP contribution in [0.4, 0.5) is 0 Å². The van der Waals surface area contributed by atoms with Gasteiger partial charge in [0.1, 0.15) is 5.54 Å². The highest BCUT2D eigenvalue weighted by atomic mass is 16.5. The van der Waals surface area contributed by atoms with Gasteiger partial charge in [-0.3, -0.25) is 15.0 Å². The van der Waals surface area contributed by atoms with Gasteiger partial charge in [0.25, 0.3) is 0 Å². The van der Waals surface area contributed by atoms with E-state index >= 15 is 0 Å². The molecule has 0 aromatic heterocycles. The smallest absolute Gasteiger partial charge is 0.323 e. The summed E-state index contributed by atoms with van der Waals surface area (Å²) >= 11 is 0. The van der Waals surface area contributed by atoms with E-state index in [1.54, 1.807) is 14.0 Å². The van der Waals surface area contributed by atoms with Crippen LogP contribution in [0, 0.1) is 5.92 Å². The number of carboxylic acids is 1. The van der Waals surface area contributed by atoms with Gasteiger partial charge in [-0.15, -0.1) is 0 Å². The number of aliphatic carboxylic acids is 1. The second-order valence-electron chi connectivity index (χ2n) is 6.79. The summed E-state index contributed by atoms with van der Waals surface area (Å²) in [6, 6.07) is 0.664. The molecule has 1 aliphatic rings. The predicted octanol–water partition coefficient (Wildman–Crippen LogP) is 1.96. The first-order chi connectivity index (χ1) is 9.80. The third-order valence-corrected chi connectivity index (χ3v) is 4.44. The molecule has 1 aliphatic carbocycles. The van der Waals surface area contributed by atoms with Gasteiger partial charge in [-0.2, -0.15) is 0 Å². The van der Waals surface area contributed by atoms with E-state index in [0.29, 0.717) is 19.1 Å². The van der Waals surface area contributed by atoms with E-state index in [0.717, 1.165) is 19.0 Å². The van der Waals surface area contributed by atoms with Crippen molar-refractivity contribution < 1.29 is 14.6 Å². The zero-order valence-electron chi connectivity index (χ0n) is 14.2. The zero-order valence-corrected chi connectivity index (χ0v) is 14.2. The molecular weight excluding hydrogens is 268 g/mol. The molecule has 5 heteroatoms. The monoisotopic (exact) mass is 300 g/mol. The average Bonchev–Trinajstić information content (AvgIpc) is 3.21. The fourth-order valence-corrected chi connectivity index (χ4v) is 2.85. The fraction of sp³-hybridized carbons (Fsp3) is 0.938. The maximum absolute atomic E-state index is 11.6. The minimum absolute atomic E-state index is 0.152. The molecule has 0 aromatic rings. The van der Waals surface area contributed by atoms with Crippen LogP contribution in [0.1, 0.15) is 47.0 Å². The highest BCUT2D eigenvalue weighted by Crippen LogP contribution is 2.35. The lowest BCUT2D eigenvalue weighted by Gasteiger charge is -2.34. The molecule has 0 saturated heterocycles. The van der Waals surface area contributed by atoms with Crippen molar-refractivity contribution >= 4 is 5.97 Å². The Bertz CT molecular complexity index is 331. The number of nitrogens with zero attached hydrogens (tertiary/aromatic N) is 1. The molecule has 0 bridgehead atoms. The number of carboxylic acid groups (broad SMARTS) is 1. The molecule has 1 rings (SSSR count). The minimum atomic E-state index is -0.872. The van der Waals surface area contributed by atoms with Gasteiger partial charge in [0.15, 0.2) is 0 Å². The molecule has 2 unspecified atom stereocenters. The van der Waals surface area contributed by atoms with Crippen molar-refractivity contribution in [2.24, 2.45) is 5.92 Å². The standard InChI is InChI=1S/C16H32N2O3/c1-12(2)17-16(4,15(19)20)8-9-18(10-11-21-5)13(3)14-6-7-14/h12-14,17H,6-11H2,1-5H3,(H,19,20). The normalized spacial score (nSPS) is 19.8. The predicted molar refractivity (Wildman–Crippen MR) is 84.6 cm³/mol. The summed E-state index contributed by atoms with van der Waals surface area (Å²) in [5, 5.41) is 12.7. The van der Waals surface area contributed by atoms with Crippen molar-refractivity contribution in [3.8, 4) is 0 Å². The lowest BCUT2D eigenvalue weighted by atomic mass is 9.96. The van der Waals surface area contributed by atoms with E-state index in [4.69, 9.17) is 4.74 Å². The van der Waals surface area contributed by atoms with Crippen LogP contribution in [0.2, 0.25) is 0 Å². The van der Waals surface area contributed by atoms with Crippen molar-refractivity contribution in [1.29, 1.82) is 0 Å². The summed E-state index contributed by atoms with van der Waals surface area (Å²) in [5.74, 6) is -0.00188. The van der Waals surface area contributed by atoms with Gasteiger partial charge >= 0.3 is 5.97 Å². The largest absolute Gasteiger partial charge is 0.480 e. The highest BCUT2D eigenvalue weighted by Gasteiger charge is 2.36. The van der Waals surface area contributed by atoms with Gasteiger partial charge in [0.2, 0.25) is 0 Å². The summed E-state index contributed by atoms with van der Waals surface area (Å²) in [5.41, 5.74) is -0.872. The van der Waals surface area contributed by atoms with Crippen LogP contribution in [0.5, 0.6) is 0 Å². The lowest BCUT2D eigenvalue weighted by molar-refractivity contribution is -0.145. The molecule has 0 heterocycles. The fourth-order valence-electron chi connectivity index (χ4n) is 2.85. The Morgan fingerprint density at radius 2 is 2.00 bits per heavy atom. The number of hydrogen-bond acceptors (Lipinski definition) is 4. The summed E-state index contributed by atoms with van der Waals surface area (Å²) < 4.78 is 5.19. The Morgan fingerprint density at radius 3 is 2.43 bits per heavy atom. The minimum Gasteiger partial charge on any atom is -0.480 e. The number of rotatable bonds is 11. The van der Waals surface area contributed by atoms with Crippen molar-refractivity contribution in [2.45, 2.75) is 64.6 Å². The third kappa shape index (κ3) is 5.93. The number of nitrogens with one attached hydrogen (secondary N) is 1. The van der Waals surface area contributed by atoms with Crippen LogP contribution in [0.3, 0.4) is 0 Å². The molecule has 0 aromatic carbocycles. The van der Waals surface area contributed by atoms with E-state index in [2.05, 4.69) is 17.1 Å². The lowest BCUT2D eigenvalue weighted by Crippen LogP contribution is -2.54. The van der Waals surface area contributed by atoms with Gasteiger partial charge < -0.3 is 9.84 Å². The Hall–Kier alpha value is -0.650. The van der Waals surface area contributed by atoms with Crippen LogP contribution in [-0.2, 0) is 9.53 Å². The molecule has 0 aliphatic heterocycles. The van der Waals surface area contributed by atoms with E-state index in [-0.39, 0.29) is 6.04 Å². The number of methoxy groups -OCH3 is 1. The summed E-state index contributed by atoms with van der Waals surface area (Å²) in [6.45, 7) is 10.3. The molecule has 2 N–H and O–H groups in total. The topological polar surface area (TPSA) is 61.8 Å². The van der Waals surface area contributed by atoms with Crippen molar-refractivity contribution in [3.05, 3.63) is 0 Å². The second-order valence-corrected chi connectivity index (χ2v) is 6.79. The first-order valence-corrected chi connectivity index (χ1v) is 8.04. The van der Waals surface area contributed by atoms with E-state index in [9.17, 15) is 9.90 Å². The average molecular weight is 300 g/mol. The molecular formula is C16H32N2O3. The molecule has 2 atom stereocenters. The molecule has 1 saturated carbocycles. The Balaban J connectivity index is 2.61. The van der Waals surface area contributed by atoms with Crippen molar-refractivity contribution in [2.75, 3.05) is 26.8 Å². The van der Waals surface area contributed by atoms with Gasteiger partial charge in [-0.1, -0.05) is 0 Å². The first-order valence-electron chi connectivity index (χ1n) is 8.04. The number of carbonyl (C=O) groups is 1. The van der Waals surface area contributed by atoms with Gasteiger partial charge in [0, 0.05) is 32.3 Å². The van der Waals surface area contributed by atoms with Crippen LogP contribution in [0.25, 0.3) is 0 Å². The second kappa shape index (κ2) is 8.11. The summed E-state index contributed by atoms with van der Waals surface area (Å²) in [7, 11) is 1.71. The van der Waals surface area contributed by atoms with E-state index < -0.39 is 11.5 Å². The molecule has 124 valence electrons. The number of ether oxygens (including phenoxy) is 1. The first kappa shape index (κ1) is 18.4. The quantitative estimate of drug-likeness (QED) is 0.611. The van der Waals surface area contributed by atoms with E-state index in [1.807, 2.05) is 13.8 Å². The third-order valence-electron chi connectivity index (χ3n) is 4.44. The molecule has 1 fully saturated rings. The molecule has 0 amide bonds. The number of hydrogen-bond donors (Lipinski definition) is 2. The van der Waals surface area contributed by atoms with Crippen LogP contribution >= 0.6 is 0 Å². The molecule has 21 heavy (non-hydrogen) atoms. The molecule has 5 nitrogen and oxygen atoms in total. The van der Waals surface area contributed by atoms with Crippen LogP contribution in [0.15, 0.2) is 0 Å². The summed E-state index contributed by atoms with van der Waals surface area (Å²) in [6.07, 6.45) is 3.19. The Labute approximate surface area is 129 Å². The Kier molecular flexibility index (Phi) is 7.10. The summed E-state index contributed by atoms with van der Waals surface area (Å²) in [4.78, 5) is 14.0. The van der Waals surface area contributed by atoms with Crippen molar-refractivity contribution in [1.82, 2.24) is 10.2 Å². The van der Waals surface area contributed by atoms with E-state index in [1.165, 1.54) is 12.8 Å². The molecule has 0 radical (unpaired) electrons. The van der Waals surface area contributed by atoms with Gasteiger partial charge in [-0.25, -0.2) is 0 Å². The maximum atomic E-state index is 11.6. The van der Waals surface area contributed by atoms with Crippen molar-refractivity contribution in [3.63, 3.8) is 0 Å². The van der Waals surface area contributed by atoms with Crippen LogP contribution < -0.4 is 5.32 Å². The van der Waals surface area contributed by atoms with Gasteiger partial charge in [-0.05, 0) is 52.9 Å². The highest BCUT2D eigenvalue weighted by molar-refractivity contribution is 5.78. The molecule has 0 spiro atoms. The Morgan fingerprint density at radius 1 is 1.38 bits per heavy atom. The van der Waals surface area contributed by atoms with Crippen LogP contribution in [-0.4, -0.2) is 60.4 Å².